The van der Waals surface area contributed by atoms with Crippen molar-refractivity contribution in [2.24, 2.45) is 0 Å². The van der Waals surface area contributed by atoms with E-state index in [1.54, 1.807) is 0 Å². The fourth-order valence-electron chi connectivity index (χ4n) is 1.12. The summed E-state index contributed by atoms with van der Waals surface area (Å²) in [6, 6.07) is 1.84. The van der Waals surface area contributed by atoms with Gasteiger partial charge in [0.15, 0.2) is 0 Å². The lowest BCUT2D eigenvalue weighted by molar-refractivity contribution is 0.150. The van der Waals surface area contributed by atoms with Crippen LogP contribution in [0.1, 0.15) is 23.2 Å². The van der Waals surface area contributed by atoms with E-state index in [0.29, 0.717) is 10.2 Å². The molecule has 0 fully saturated rings. The molecule has 2 nitrogen and oxygen atoms in total. The molecule has 1 heterocycles. The number of nitriles is 1. The Morgan fingerprint density at radius 3 is 2.73 bits per heavy atom. The third-order valence-corrected chi connectivity index (χ3v) is 3.03. The van der Waals surface area contributed by atoms with Gasteiger partial charge in [0, 0.05) is 16.2 Å². The first kappa shape index (κ1) is 12.3. The van der Waals surface area contributed by atoms with Crippen molar-refractivity contribution in [2.45, 2.75) is 18.7 Å². The zero-order valence-corrected chi connectivity index (χ0v) is 9.82. The molecule has 0 spiro atoms. The van der Waals surface area contributed by atoms with Gasteiger partial charge >= 0.3 is 0 Å². The largest absolute Gasteiger partial charge is 0.265 e. The molecule has 0 aliphatic rings. The zero-order valence-electron chi connectivity index (χ0n) is 7.48. The summed E-state index contributed by atoms with van der Waals surface area (Å²) in [5.74, 6) is 0.114. The summed E-state index contributed by atoms with van der Waals surface area (Å²) < 4.78 is 25.5. The average molecular weight is 296 g/mol. The van der Waals surface area contributed by atoms with Crippen LogP contribution in [0.2, 0.25) is 0 Å². The monoisotopic (exact) mass is 294 g/mol. The Labute approximate surface area is 99.0 Å². The van der Waals surface area contributed by atoms with Gasteiger partial charge in [0.05, 0.1) is 24.1 Å². The van der Waals surface area contributed by atoms with E-state index in [4.69, 9.17) is 16.9 Å². The highest BCUT2D eigenvalue weighted by Gasteiger charge is 2.18. The first-order valence-corrected chi connectivity index (χ1v) is 5.31. The fourth-order valence-corrected chi connectivity index (χ4v) is 2.10. The van der Waals surface area contributed by atoms with Gasteiger partial charge < -0.3 is 0 Å². The predicted molar refractivity (Wildman–Crippen MR) is 55.8 cm³/mol. The van der Waals surface area contributed by atoms with Crippen LogP contribution in [-0.4, -0.2) is 4.98 Å². The van der Waals surface area contributed by atoms with Gasteiger partial charge in [-0.15, -0.1) is 11.6 Å². The second-order valence-electron chi connectivity index (χ2n) is 2.72. The van der Waals surface area contributed by atoms with E-state index in [0.717, 1.165) is 6.20 Å². The number of hydrogen-bond donors (Lipinski definition) is 0. The molecule has 0 aliphatic carbocycles. The third kappa shape index (κ3) is 2.64. The Hall–Kier alpha value is -0.730. The topological polar surface area (TPSA) is 36.7 Å². The Morgan fingerprint density at radius 1 is 1.60 bits per heavy atom. The summed E-state index contributed by atoms with van der Waals surface area (Å²) in [6.45, 7) is 0. The molecule has 0 saturated heterocycles. The van der Waals surface area contributed by atoms with Crippen LogP contribution in [0.3, 0.4) is 0 Å². The highest BCUT2D eigenvalue weighted by molar-refractivity contribution is 9.10. The number of rotatable bonds is 3. The molecule has 0 aliphatic heterocycles. The second-order valence-corrected chi connectivity index (χ2v) is 3.78. The third-order valence-electron chi connectivity index (χ3n) is 1.84. The minimum atomic E-state index is -2.64. The SMILES string of the molecule is N#CCc1c(C(F)F)cnc(CCl)c1Br. The predicted octanol–water partition coefficient (Wildman–Crippen LogP) is 3.59. The van der Waals surface area contributed by atoms with E-state index in [2.05, 4.69) is 20.9 Å². The lowest BCUT2D eigenvalue weighted by atomic mass is 10.1. The molecular formula is C9H6BrClF2N2. The number of alkyl halides is 3. The molecule has 80 valence electrons. The maximum Gasteiger partial charge on any atom is 0.265 e. The highest BCUT2D eigenvalue weighted by atomic mass is 79.9. The molecule has 1 rings (SSSR count). The molecule has 0 bridgehead atoms. The normalized spacial score (nSPS) is 10.4. The van der Waals surface area contributed by atoms with Crippen LogP contribution < -0.4 is 0 Å². The van der Waals surface area contributed by atoms with Gasteiger partial charge in [0.1, 0.15) is 0 Å². The van der Waals surface area contributed by atoms with Crippen molar-refractivity contribution in [1.82, 2.24) is 4.98 Å². The molecule has 0 amide bonds. The summed E-state index contributed by atoms with van der Waals surface area (Å²) in [7, 11) is 0. The summed E-state index contributed by atoms with van der Waals surface area (Å²) in [5.41, 5.74) is 0.502. The number of nitrogens with zero attached hydrogens (tertiary/aromatic N) is 2. The van der Waals surface area contributed by atoms with E-state index in [9.17, 15) is 8.78 Å². The molecule has 0 saturated carbocycles. The van der Waals surface area contributed by atoms with Crippen molar-refractivity contribution in [2.75, 3.05) is 0 Å². The van der Waals surface area contributed by atoms with Crippen molar-refractivity contribution in [3.63, 3.8) is 0 Å². The molecule has 0 unspecified atom stereocenters. The van der Waals surface area contributed by atoms with Crippen molar-refractivity contribution >= 4 is 27.5 Å². The van der Waals surface area contributed by atoms with Gasteiger partial charge in [-0.2, -0.15) is 5.26 Å². The number of halogens is 4. The van der Waals surface area contributed by atoms with Gasteiger partial charge in [0.25, 0.3) is 6.43 Å². The first-order chi connectivity index (χ1) is 7.11. The van der Waals surface area contributed by atoms with Gasteiger partial charge in [-0.3, -0.25) is 4.98 Å². The summed E-state index contributed by atoms with van der Waals surface area (Å²) in [5, 5.41) is 8.54. The van der Waals surface area contributed by atoms with Crippen LogP contribution >= 0.6 is 27.5 Å². The lowest BCUT2D eigenvalue weighted by Gasteiger charge is -2.10. The van der Waals surface area contributed by atoms with E-state index in [1.807, 2.05) is 6.07 Å². The quantitative estimate of drug-likeness (QED) is 0.799. The van der Waals surface area contributed by atoms with E-state index >= 15 is 0 Å². The summed E-state index contributed by atoms with van der Waals surface area (Å²) in [6.07, 6.45) is -1.66. The van der Waals surface area contributed by atoms with Crippen molar-refractivity contribution in [3.05, 3.63) is 27.5 Å². The standard InChI is InChI=1S/C9H6BrClF2N2/c10-8-5(1-2-14)6(9(12)13)4-15-7(8)3-11/h4,9H,1,3H2. The number of aromatic nitrogens is 1. The minimum Gasteiger partial charge on any atom is -0.258 e. The molecule has 0 N–H and O–H groups in total. The Kier molecular flexibility index (Phi) is 4.43. The maximum atomic E-state index is 12.6. The van der Waals surface area contributed by atoms with Crippen molar-refractivity contribution in [3.8, 4) is 6.07 Å². The zero-order chi connectivity index (χ0) is 11.4. The van der Waals surface area contributed by atoms with Crippen LogP contribution in [0.5, 0.6) is 0 Å². The van der Waals surface area contributed by atoms with Crippen LogP contribution in [0.25, 0.3) is 0 Å². The molecule has 0 radical (unpaired) electrons. The summed E-state index contributed by atoms with van der Waals surface area (Å²) >= 11 is 8.70. The lowest BCUT2D eigenvalue weighted by Crippen LogP contribution is -2.01. The molecule has 1 aromatic rings. The average Bonchev–Trinajstić information content (AvgIpc) is 2.20. The van der Waals surface area contributed by atoms with Crippen molar-refractivity contribution in [1.29, 1.82) is 5.26 Å². The molecule has 6 heteroatoms. The molecule has 0 atom stereocenters. The Bertz CT molecular complexity index is 404. The number of hydrogen-bond acceptors (Lipinski definition) is 2. The van der Waals surface area contributed by atoms with Gasteiger partial charge in [-0.1, -0.05) is 0 Å². The first-order valence-electron chi connectivity index (χ1n) is 3.99. The van der Waals surface area contributed by atoms with Crippen LogP contribution in [0.4, 0.5) is 8.78 Å². The van der Waals surface area contributed by atoms with E-state index in [1.165, 1.54) is 0 Å². The second kappa shape index (κ2) is 5.38. The molecule has 0 aromatic carbocycles. The number of pyridine rings is 1. The maximum absolute atomic E-state index is 12.6. The highest BCUT2D eigenvalue weighted by Crippen LogP contribution is 2.30. The van der Waals surface area contributed by atoms with Gasteiger partial charge in [0.2, 0.25) is 0 Å². The molecule has 15 heavy (non-hydrogen) atoms. The van der Waals surface area contributed by atoms with Crippen LogP contribution in [0, 0.1) is 11.3 Å². The fraction of sp³-hybridized carbons (Fsp3) is 0.333. The van der Waals surface area contributed by atoms with E-state index < -0.39 is 6.43 Å². The van der Waals surface area contributed by atoms with Gasteiger partial charge in [-0.05, 0) is 21.5 Å². The smallest absolute Gasteiger partial charge is 0.258 e. The van der Waals surface area contributed by atoms with Crippen LogP contribution in [0.15, 0.2) is 10.7 Å². The minimum absolute atomic E-state index is 0.0906. The summed E-state index contributed by atoms with van der Waals surface area (Å²) in [4.78, 5) is 3.79. The molecule has 1 aromatic heterocycles. The van der Waals surface area contributed by atoms with Crippen LogP contribution in [-0.2, 0) is 12.3 Å². The Balaban J connectivity index is 3.32. The molecular weight excluding hydrogens is 289 g/mol. The van der Waals surface area contributed by atoms with E-state index in [-0.39, 0.29) is 23.4 Å². The van der Waals surface area contributed by atoms with Gasteiger partial charge in [-0.25, -0.2) is 8.78 Å². The van der Waals surface area contributed by atoms with Crippen molar-refractivity contribution < 1.29 is 8.78 Å². The Morgan fingerprint density at radius 2 is 2.27 bits per heavy atom.